The smallest absolute Gasteiger partial charge is 0.338 e. The van der Waals surface area contributed by atoms with Crippen LogP contribution in [-0.2, 0) is 19.0 Å². The van der Waals surface area contributed by atoms with Gasteiger partial charge in [0.25, 0.3) is 0 Å². The van der Waals surface area contributed by atoms with Crippen LogP contribution in [0.5, 0.6) is 0 Å². The zero-order valence-corrected chi connectivity index (χ0v) is 12.1. The van der Waals surface area contributed by atoms with Crippen LogP contribution in [0.2, 0.25) is 0 Å². The van der Waals surface area contributed by atoms with E-state index in [1.165, 1.54) is 0 Å². The number of hydrogen-bond donors (Lipinski definition) is 0. The third-order valence-electron chi connectivity index (χ3n) is 3.42. The van der Waals surface area contributed by atoms with Gasteiger partial charge in [0, 0.05) is 18.0 Å². The molecule has 1 aliphatic rings. The number of carbonyl (C=O) groups is 1. The number of benzene rings is 1. The first-order valence-electron chi connectivity index (χ1n) is 7.19. The van der Waals surface area contributed by atoms with Gasteiger partial charge in [-0.2, -0.15) is 0 Å². The summed E-state index contributed by atoms with van der Waals surface area (Å²) in [7, 11) is 0. The lowest BCUT2D eigenvalue weighted by Crippen LogP contribution is -2.37. The number of esters is 1. The average Bonchev–Trinajstić information content (AvgIpc) is 2.62. The van der Waals surface area contributed by atoms with Crippen LogP contribution in [0.3, 0.4) is 0 Å². The second kappa shape index (κ2) is 7.15. The molecule has 0 N–H and O–H groups in total. The highest BCUT2D eigenvalue weighted by molar-refractivity contribution is 5.75. The summed E-state index contributed by atoms with van der Waals surface area (Å²) < 4.78 is 16.4. The quantitative estimate of drug-likeness (QED) is 0.810. The Morgan fingerprint density at radius 1 is 1.09 bits per heavy atom. The third-order valence-corrected chi connectivity index (χ3v) is 3.42. The molecule has 0 spiro atoms. The average molecular weight is 299 g/mol. The van der Waals surface area contributed by atoms with E-state index in [0.717, 1.165) is 11.1 Å². The van der Waals surface area contributed by atoms with E-state index in [1.54, 1.807) is 12.4 Å². The molecule has 1 saturated heterocycles. The van der Waals surface area contributed by atoms with Gasteiger partial charge in [0.1, 0.15) is 0 Å². The van der Waals surface area contributed by atoms with Crippen molar-refractivity contribution in [2.45, 2.75) is 12.2 Å². The summed E-state index contributed by atoms with van der Waals surface area (Å²) in [6, 6.07) is 13.3. The van der Waals surface area contributed by atoms with Gasteiger partial charge in [-0.25, -0.2) is 4.79 Å². The highest BCUT2D eigenvalue weighted by atomic mass is 16.6. The lowest BCUT2D eigenvalue weighted by molar-refractivity contribution is -0.174. The molecule has 3 rings (SSSR count). The highest BCUT2D eigenvalue weighted by Crippen LogP contribution is 2.26. The maximum absolute atomic E-state index is 12.3. The van der Waals surface area contributed by atoms with Crippen molar-refractivity contribution in [1.82, 2.24) is 4.98 Å². The minimum absolute atomic E-state index is 0.233. The number of rotatable bonds is 4. The Morgan fingerprint density at radius 2 is 1.82 bits per heavy atom. The lowest BCUT2D eigenvalue weighted by atomic mass is 10.0. The van der Waals surface area contributed by atoms with Crippen molar-refractivity contribution in [2.24, 2.45) is 0 Å². The molecule has 0 saturated carbocycles. The fourth-order valence-corrected chi connectivity index (χ4v) is 2.31. The Kier molecular flexibility index (Phi) is 4.78. The Morgan fingerprint density at radius 3 is 2.50 bits per heavy atom. The van der Waals surface area contributed by atoms with Gasteiger partial charge in [-0.05, 0) is 17.7 Å². The van der Waals surface area contributed by atoms with Gasteiger partial charge in [0.05, 0.1) is 19.8 Å². The molecule has 0 aliphatic carbocycles. The first-order chi connectivity index (χ1) is 10.8. The number of hydrogen-bond acceptors (Lipinski definition) is 5. The van der Waals surface area contributed by atoms with Crippen molar-refractivity contribution >= 4 is 5.97 Å². The van der Waals surface area contributed by atoms with Gasteiger partial charge >= 0.3 is 5.97 Å². The number of ether oxygens (including phenoxy) is 3. The predicted octanol–water partition coefficient (Wildman–Crippen LogP) is 2.13. The van der Waals surface area contributed by atoms with Gasteiger partial charge in [-0.15, -0.1) is 0 Å². The molecule has 1 aromatic heterocycles. The molecule has 1 aromatic carbocycles. The number of aromatic nitrogens is 1. The van der Waals surface area contributed by atoms with Crippen molar-refractivity contribution in [1.29, 1.82) is 0 Å². The van der Waals surface area contributed by atoms with E-state index >= 15 is 0 Å². The monoisotopic (exact) mass is 299 g/mol. The van der Waals surface area contributed by atoms with Crippen molar-refractivity contribution in [2.75, 3.05) is 19.8 Å². The summed E-state index contributed by atoms with van der Waals surface area (Å²) in [5.74, 6) is -0.412. The summed E-state index contributed by atoms with van der Waals surface area (Å²) in [5.41, 5.74) is 1.77. The standard InChI is InChI=1S/C17H17NO4/c19-17(15-12-20-10-11-21-15)22-16(13-4-2-1-3-5-13)14-6-8-18-9-7-14/h1-9,15-16H,10-12H2/t15-,16+/m1/s1. The van der Waals surface area contributed by atoms with Gasteiger partial charge in [-0.3, -0.25) is 4.98 Å². The Balaban J connectivity index is 1.81. The number of pyridine rings is 1. The van der Waals surface area contributed by atoms with E-state index in [0.29, 0.717) is 13.2 Å². The van der Waals surface area contributed by atoms with Crippen LogP contribution in [-0.4, -0.2) is 36.9 Å². The van der Waals surface area contributed by atoms with E-state index < -0.39 is 18.2 Å². The minimum Gasteiger partial charge on any atom is -0.451 e. The Labute approximate surface area is 128 Å². The van der Waals surface area contributed by atoms with Gasteiger partial charge in [0.15, 0.2) is 12.2 Å². The number of nitrogens with zero attached hydrogens (tertiary/aromatic N) is 1. The normalized spacial score (nSPS) is 19.4. The summed E-state index contributed by atoms with van der Waals surface area (Å²) in [4.78, 5) is 16.3. The molecule has 0 radical (unpaired) electrons. The number of carbonyl (C=O) groups excluding carboxylic acids is 1. The summed E-state index contributed by atoms with van der Waals surface area (Å²) in [6.07, 6.45) is 2.21. The SMILES string of the molecule is O=C(O[C@@H](c1ccccc1)c1ccncc1)[C@H]1COCCO1. The van der Waals surface area contributed by atoms with Crippen molar-refractivity contribution in [3.63, 3.8) is 0 Å². The third kappa shape index (κ3) is 3.50. The molecule has 5 nitrogen and oxygen atoms in total. The molecule has 0 amide bonds. The van der Waals surface area contributed by atoms with Crippen LogP contribution in [0.4, 0.5) is 0 Å². The fraction of sp³-hybridized carbons (Fsp3) is 0.294. The Hall–Kier alpha value is -2.24. The van der Waals surface area contributed by atoms with E-state index in [4.69, 9.17) is 14.2 Å². The second-order valence-corrected chi connectivity index (χ2v) is 4.94. The molecule has 1 aliphatic heterocycles. The first-order valence-corrected chi connectivity index (χ1v) is 7.19. The molecule has 1 fully saturated rings. The molecule has 0 bridgehead atoms. The van der Waals surface area contributed by atoms with Crippen LogP contribution in [0.25, 0.3) is 0 Å². The van der Waals surface area contributed by atoms with Gasteiger partial charge in [-0.1, -0.05) is 30.3 Å². The van der Waals surface area contributed by atoms with E-state index in [9.17, 15) is 4.79 Å². The first kappa shape index (κ1) is 14.7. The van der Waals surface area contributed by atoms with Crippen molar-refractivity contribution < 1.29 is 19.0 Å². The molecular weight excluding hydrogens is 282 g/mol. The molecule has 2 aromatic rings. The molecule has 22 heavy (non-hydrogen) atoms. The van der Waals surface area contributed by atoms with Crippen LogP contribution >= 0.6 is 0 Å². The lowest BCUT2D eigenvalue weighted by Gasteiger charge is -2.25. The van der Waals surface area contributed by atoms with Crippen molar-refractivity contribution in [3.8, 4) is 0 Å². The highest BCUT2D eigenvalue weighted by Gasteiger charge is 2.28. The maximum atomic E-state index is 12.3. The molecule has 114 valence electrons. The van der Waals surface area contributed by atoms with Crippen LogP contribution in [0.15, 0.2) is 54.9 Å². The zero-order valence-electron chi connectivity index (χ0n) is 12.1. The largest absolute Gasteiger partial charge is 0.451 e. The summed E-state index contributed by atoms with van der Waals surface area (Å²) >= 11 is 0. The van der Waals surface area contributed by atoms with E-state index in [1.807, 2.05) is 42.5 Å². The summed E-state index contributed by atoms with van der Waals surface area (Å²) in [6.45, 7) is 1.15. The second-order valence-electron chi connectivity index (χ2n) is 4.94. The predicted molar refractivity (Wildman–Crippen MR) is 79.2 cm³/mol. The molecule has 2 atom stereocenters. The van der Waals surface area contributed by atoms with Crippen LogP contribution in [0.1, 0.15) is 17.2 Å². The summed E-state index contributed by atoms with van der Waals surface area (Å²) in [5, 5.41) is 0. The van der Waals surface area contributed by atoms with Gasteiger partial charge < -0.3 is 14.2 Å². The zero-order chi connectivity index (χ0) is 15.2. The fourth-order valence-electron chi connectivity index (χ4n) is 2.31. The van der Waals surface area contributed by atoms with Crippen molar-refractivity contribution in [3.05, 3.63) is 66.0 Å². The van der Waals surface area contributed by atoms with E-state index in [2.05, 4.69) is 4.98 Å². The molecule has 5 heteroatoms. The molecule has 2 heterocycles. The molecular formula is C17H17NO4. The molecule has 0 unspecified atom stereocenters. The van der Waals surface area contributed by atoms with Crippen LogP contribution < -0.4 is 0 Å². The minimum atomic E-state index is -0.665. The van der Waals surface area contributed by atoms with E-state index in [-0.39, 0.29) is 6.61 Å². The van der Waals surface area contributed by atoms with Gasteiger partial charge in [0.2, 0.25) is 0 Å². The van der Waals surface area contributed by atoms with Crippen LogP contribution in [0, 0.1) is 0 Å². The topological polar surface area (TPSA) is 57.7 Å². The Bertz CT molecular complexity index is 557. The maximum Gasteiger partial charge on any atom is 0.338 e.